The summed E-state index contributed by atoms with van der Waals surface area (Å²) >= 11 is 0. The molecular formula is C74H78. The van der Waals surface area contributed by atoms with E-state index in [1.165, 1.54) is 157 Å². The van der Waals surface area contributed by atoms with Crippen LogP contribution in [0.4, 0.5) is 0 Å². The zero-order chi connectivity index (χ0) is 50.4. The summed E-state index contributed by atoms with van der Waals surface area (Å²) in [6.07, 6.45) is 22.5. The summed E-state index contributed by atoms with van der Waals surface area (Å²) in [4.78, 5) is 0. The predicted molar refractivity (Wildman–Crippen MR) is 317 cm³/mol. The monoisotopic (exact) mass is 967 g/mol. The summed E-state index contributed by atoms with van der Waals surface area (Å²) in [5.74, 6) is 0. The van der Waals surface area contributed by atoms with Crippen molar-refractivity contribution in [2.24, 2.45) is 0 Å². The molecule has 0 bridgehead atoms. The van der Waals surface area contributed by atoms with Crippen molar-refractivity contribution in [1.82, 2.24) is 0 Å². The molecule has 0 saturated heterocycles. The Balaban J connectivity index is 0.668. The molecule has 74 heavy (non-hydrogen) atoms. The second-order valence-electron chi connectivity index (χ2n) is 20.9. The lowest BCUT2D eigenvalue weighted by atomic mass is 9.66. The molecule has 0 aromatic heterocycles. The first-order valence-corrected chi connectivity index (χ1v) is 28.3. The Morgan fingerprint density at radius 1 is 0.189 bits per heavy atom. The largest absolute Gasteiger partial charge is 0.0622 e. The molecule has 0 amide bonds. The third kappa shape index (κ3) is 13.4. The van der Waals surface area contributed by atoms with E-state index in [9.17, 15) is 0 Å². The molecule has 0 aliphatic heterocycles. The van der Waals surface area contributed by atoms with Gasteiger partial charge in [0, 0.05) is 10.8 Å². The normalized spacial score (nSPS) is 11.7. The molecule has 374 valence electrons. The third-order valence-electron chi connectivity index (χ3n) is 16.1. The molecule has 0 nitrogen and oxygen atoms in total. The maximum Gasteiger partial charge on any atom is 0.0451 e. The maximum absolute atomic E-state index is 2.36. The van der Waals surface area contributed by atoms with Gasteiger partial charge < -0.3 is 0 Å². The van der Waals surface area contributed by atoms with Gasteiger partial charge in [0.05, 0.1) is 0 Å². The molecule has 0 fully saturated rings. The average molecular weight is 967 g/mol. The van der Waals surface area contributed by atoms with Crippen LogP contribution in [0.15, 0.2) is 255 Å². The van der Waals surface area contributed by atoms with Crippen LogP contribution in [0, 0.1) is 0 Å². The first kappa shape index (κ1) is 51.9. The van der Waals surface area contributed by atoms with Gasteiger partial charge in [0.25, 0.3) is 0 Å². The van der Waals surface area contributed by atoms with Gasteiger partial charge >= 0.3 is 0 Å². The van der Waals surface area contributed by atoms with Crippen molar-refractivity contribution >= 4 is 0 Å². The predicted octanol–water partition coefficient (Wildman–Crippen LogP) is 20.4. The van der Waals surface area contributed by atoms with E-state index in [-0.39, 0.29) is 10.8 Å². The van der Waals surface area contributed by atoms with Crippen LogP contribution in [-0.2, 0) is 23.7 Å². The number of hydrogen-bond donors (Lipinski definition) is 0. The minimum Gasteiger partial charge on any atom is -0.0622 e. The molecule has 0 heteroatoms. The fourth-order valence-electron chi connectivity index (χ4n) is 12.0. The Morgan fingerprint density at radius 2 is 0.432 bits per heavy atom. The first-order chi connectivity index (χ1) is 36.7. The molecule has 0 aliphatic carbocycles. The lowest BCUT2D eigenvalue weighted by Gasteiger charge is -2.36. The third-order valence-corrected chi connectivity index (χ3v) is 16.1. The van der Waals surface area contributed by atoms with E-state index in [0.29, 0.717) is 0 Å². The van der Waals surface area contributed by atoms with Crippen molar-refractivity contribution < 1.29 is 0 Å². The average Bonchev–Trinajstić information content (AvgIpc) is 3.48. The van der Waals surface area contributed by atoms with Crippen LogP contribution in [0.1, 0.15) is 147 Å². The molecule has 0 aliphatic rings. The Morgan fingerprint density at radius 3 is 0.703 bits per heavy atom. The Bertz CT molecular complexity index is 2540. The van der Waals surface area contributed by atoms with Crippen LogP contribution in [-0.4, -0.2) is 0 Å². The summed E-state index contributed by atoms with van der Waals surface area (Å²) in [6, 6.07) is 94.9. The van der Waals surface area contributed by atoms with Crippen molar-refractivity contribution in [2.45, 2.75) is 126 Å². The van der Waals surface area contributed by atoms with Crippen LogP contribution in [0.25, 0.3) is 22.3 Å². The van der Waals surface area contributed by atoms with Gasteiger partial charge in [-0.1, -0.05) is 326 Å². The molecule has 0 N–H and O–H groups in total. The Labute approximate surface area is 445 Å². The van der Waals surface area contributed by atoms with Gasteiger partial charge in [0.2, 0.25) is 0 Å². The lowest BCUT2D eigenvalue weighted by molar-refractivity contribution is 0.495. The smallest absolute Gasteiger partial charge is 0.0451 e. The Hall–Kier alpha value is -7.02. The van der Waals surface area contributed by atoms with Gasteiger partial charge in [-0.25, -0.2) is 0 Å². The summed E-state index contributed by atoms with van der Waals surface area (Å²) in [5.41, 5.74) is 16.1. The molecule has 0 heterocycles. The molecule has 0 spiro atoms. The summed E-state index contributed by atoms with van der Waals surface area (Å²) in [7, 11) is 0. The van der Waals surface area contributed by atoms with Crippen molar-refractivity contribution in [3.8, 4) is 22.3 Å². The minimum absolute atomic E-state index is 0.135. The van der Waals surface area contributed by atoms with Gasteiger partial charge in [-0.05, 0) is 111 Å². The molecule has 9 rings (SSSR count). The number of benzene rings is 9. The highest BCUT2D eigenvalue weighted by Crippen LogP contribution is 2.45. The minimum atomic E-state index is -0.135. The van der Waals surface area contributed by atoms with Crippen LogP contribution in [0.5, 0.6) is 0 Å². The zero-order valence-corrected chi connectivity index (χ0v) is 44.0. The van der Waals surface area contributed by atoms with Gasteiger partial charge in [0.15, 0.2) is 0 Å². The van der Waals surface area contributed by atoms with E-state index in [2.05, 4.69) is 255 Å². The number of hydrogen-bond acceptors (Lipinski definition) is 0. The van der Waals surface area contributed by atoms with Gasteiger partial charge in [0.1, 0.15) is 0 Å². The van der Waals surface area contributed by atoms with E-state index < -0.39 is 0 Å². The highest BCUT2D eigenvalue weighted by molar-refractivity contribution is 5.73. The SMILES string of the molecule is c1ccc(C(CCCCCCCCCc2ccc(-c3cccc(-c4ccc(CCCCCCCCCC(c5ccccc5)(c5ccccc5)c5ccccc5)cc4)c3)cc2)(c2ccccc2)c2ccccc2)cc1. The van der Waals surface area contributed by atoms with Crippen LogP contribution in [0.3, 0.4) is 0 Å². The standard InChI is InChI=1S/C74H78/c1(5-9-31-58-73(67-38-19-11-20-39-67,68-40-21-12-22-41-68)69-42-23-13-24-43-69)3-7-17-34-61-50-54-63(55-51-61)65-36-33-37-66(60-65)64-56-52-62(53-57-64)35-18-8-4-2-6-10-32-59-74(70-44-25-14-26-45-70,71-46-27-15-28-47-71)72-48-29-16-30-49-72/h11-16,19-30,33,36-57,60H,1-10,17-18,31-32,34-35,58-59H2. The van der Waals surface area contributed by atoms with Crippen LogP contribution in [0.2, 0.25) is 0 Å². The second kappa shape index (κ2) is 27.3. The van der Waals surface area contributed by atoms with Gasteiger partial charge in [-0.3, -0.25) is 0 Å². The summed E-state index contributed by atoms with van der Waals surface area (Å²) in [6.45, 7) is 0. The highest BCUT2D eigenvalue weighted by Gasteiger charge is 2.36. The molecule has 0 unspecified atom stereocenters. The fourth-order valence-corrected chi connectivity index (χ4v) is 12.0. The number of aryl methyl sites for hydroxylation is 2. The van der Waals surface area contributed by atoms with E-state index in [0.717, 1.165) is 25.7 Å². The van der Waals surface area contributed by atoms with Crippen LogP contribution >= 0.6 is 0 Å². The number of rotatable bonds is 28. The van der Waals surface area contributed by atoms with Crippen LogP contribution < -0.4 is 0 Å². The fraction of sp³-hybridized carbons (Fsp3) is 0.270. The molecule has 0 atom stereocenters. The highest BCUT2D eigenvalue weighted by atomic mass is 14.4. The Kier molecular flexibility index (Phi) is 19.1. The second-order valence-corrected chi connectivity index (χ2v) is 20.9. The van der Waals surface area contributed by atoms with Crippen molar-refractivity contribution in [3.63, 3.8) is 0 Å². The summed E-state index contributed by atoms with van der Waals surface area (Å²) < 4.78 is 0. The van der Waals surface area contributed by atoms with E-state index in [4.69, 9.17) is 0 Å². The molecule has 0 saturated carbocycles. The number of unbranched alkanes of at least 4 members (excludes halogenated alkanes) is 12. The molecular weight excluding hydrogens is 889 g/mol. The quantitative estimate of drug-likeness (QED) is 0.0339. The molecule has 9 aromatic rings. The van der Waals surface area contributed by atoms with Crippen molar-refractivity contribution in [3.05, 3.63) is 299 Å². The molecule has 9 aromatic carbocycles. The van der Waals surface area contributed by atoms with Crippen molar-refractivity contribution in [2.75, 3.05) is 0 Å². The van der Waals surface area contributed by atoms with E-state index in [1.807, 2.05) is 0 Å². The van der Waals surface area contributed by atoms with Gasteiger partial charge in [-0.15, -0.1) is 0 Å². The zero-order valence-electron chi connectivity index (χ0n) is 44.0. The van der Waals surface area contributed by atoms with E-state index in [1.54, 1.807) is 0 Å². The first-order valence-electron chi connectivity index (χ1n) is 28.3. The summed E-state index contributed by atoms with van der Waals surface area (Å²) in [5, 5.41) is 0. The van der Waals surface area contributed by atoms with Gasteiger partial charge in [-0.2, -0.15) is 0 Å². The van der Waals surface area contributed by atoms with E-state index >= 15 is 0 Å². The lowest BCUT2D eigenvalue weighted by Crippen LogP contribution is -2.29. The van der Waals surface area contributed by atoms with Crippen molar-refractivity contribution in [1.29, 1.82) is 0 Å². The topological polar surface area (TPSA) is 0 Å². The molecule has 0 radical (unpaired) electrons. The maximum atomic E-state index is 2.36.